The number of carbonyl (C=O) groups is 1. The number of nitrogens with zero attached hydrogens (tertiary/aromatic N) is 1. The monoisotopic (exact) mass is 278 g/mol. The fraction of sp³-hybridized carbons (Fsp3) is 0.909. The molecule has 18 heavy (non-hydrogen) atoms. The standard InChI is InChI=1S/C11H22N2O4S/c1-9(8-17-2)12-11(14)10-5-4-6-13(7-10)18(3,15)16/h9-10H,4-8H2,1-3H3,(H,12,14)/t9-,10-/m0/s1. The summed E-state index contributed by atoms with van der Waals surface area (Å²) in [6, 6.07) is -0.0592. The lowest BCUT2D eigenvalue weighted by atomic mass is 9.98. The third-order valence-electron chi connectivity index (χ3n) is 3.03. The number of hydrogen-bond acceptors (Lipinski definition) is 4. The molecular formula is C11H22N2O4S. The van der Waals surface area contributed by atoms with Crippen LogP contribution in [0, 0.1) is 5.92 Å². The quantitative estimate of drug-likeness (QED) is 0.756. The normalized spacial score (nSPS) is 23.6. The van der Waals surface area contributed by atoms with Crippen molar-refractivity contribution in [2.45, 2.75) is 25.8 Å². The molecule has 2 atom stereocenters. The van der Waals surface area contributed by atoms with Gasteiger partial charge in [-0.3, -0.25) is 4.79 Å². The van der Waals surface area contributed by atoms with Gasteiger partial charge in [0.15, 0.2) is 0 Å². The first-order chi connectivity index (χ1) is 8.34. The molecule has 0 aromatic carbocycles. The molecule has 0 bridgehead atoms. The maximum atomic E-state index is 12.0. The Morgan fingerprint density at radius 1 is 1.56 bits per heavy atom. The highest BCUT2D eigenvalue weighted by atomic mass is 32.2. The van der Waals surface area contributed by atoms with Crippen molar-refractivity contribution in [2.24, 2.45) is 5.92 Å². The molecule has 6 nitrogen and oxygen atoms in total. The molecule has 1 heterocycles. The van der Waals surface area contributed by atoms with Crippen LogP contribution in [0.2, 0.25) is 0 Å². The second-order valence-electron chi connectivity index (χ2n) is 4.83. The molecule has 1 saturated heterocycles. The number of piperidine rings is 1. The van der Waals surface area contributed by atoms with Crippen LogP contribution in [0.4, 0.5) is 0 Å². The molecule has 1 aliphatic rings. The maximum Gasteiger partial charge on any atom is 0.224 e. The van der Waals surface area contributed by atoms with Gasteiger partial charge in [-0.2, -0.15) is 0 Å². The van der Waals surface area contributed by atoms with E-state index >= 15 is 0 Å². The van der Waals surface area contributed by atoms with E-state index in [0.29, 0.717) is 13.2 Å². The van der Waals surface area contributed by atoms with E-state index in [1.54, 1.807) is 7.11 Å². The first-order valence-electron chi connectivity index (χ1n) is 6.09. The molecule has 1 fully saturated rings. The highest BCUT2D eigenvalue weighted by molar-refractivity contribution is 7.88. The van der Waals surface area contributed by atoms with Crippen LogP contribution in [0.25, 0.3) is 0 Å². The Hall–Kier alpha value is -0.660. The Labute approximate surface area is 109 Å². The van der Waals surface area contributed by atoms with Crippen LogP contribution in [-0.2, 0) is 19.6 Å². The summed E-state index contributed by atoms with van der Waals surface area (Å²) in [5.41, 5.74) is 0. The number of ether oxygens (including phenoxy) is 1. The Morgan fingerprint density at radius 3 is 2.78 bits per heavy atom. The molecular weight excluding hydrogens is 256 g/mol. The van der Waals surface area contributed by atoms with Crippen LogP contribution in [-0.4, -0.2) is 57.7 Å². The third kappa shape index (κ3) is 4.55. The lowest BCUT2D eigenvalue weighted by Crippen LogP contribution is -2.47. The molecule has 0 aromatic heterocycles. The Kier molecular flexibility index (Phi) is 5.55. The number of rotatable bonds is 5. The van der Waals surface area contributed by atoms with Crippen molar-refractivity contribution in [1.29, 1.82) is 0 Å². The average Bonchev–Trinajstić information content (AvgIpc) is 2.28. The van der Waals surface area contributed by atoms with Crippen molar-refractivity contribution in [3.63, 3.8) is 0 Å². The van der Waals surface area contributed by atoms with Gasteiger partial charge in [-0.15, -0.1) is 0 Å². The van der Waals surface area contributed by atoms with Crippen molar-refractivity contribution >= 4 is 15.9 Å². The van der Waals surface area contributed by atoms with E-state index in [4.69, 9.17) is 4.74 Å². The molecule has 106 valence electrons. The predicted molar refractivity (Wildman–Crippen MR) is 68.6 cm³/mol. The fourth-order valence-electron chi connectivity index (χ4n) is 2.11. The van der Waals surface area contributed by atoms with Gasteiger partial charge in [-0.1, -0.05) is 0 Å². The predicted octanol–water partition coefficient (Wildman–Crippen LogP) is -0.191. The van der Waals surface area contributed by atoms with E-state index in [9.17, 15) is 13.2 Å². The number of sulfonamides is 1. The van der Waals surface area contributed by atoms with Crippen LogP contribution in [0.5, 0.6) is 0 Å². The summed E-state index contributed by atoms with van der Waals surface area (Å²) in [4.78, 5) is 12.0. The van der Waals surface area contributed by atoms with Gasteiger partial charge < -0.3 is 10.1 Å². The molecule has 1 aliphatic heterocycles. The highest BCUT2D eigenvalue weighted by Gasteiger charge is 2.30. The van der Waals surface area contributed by atoms with Crippen molar-refractivity contribution in [1.82, 2.24) is 9.62 Å². The summed E-state index contributed by atoms with van der Waals surface area (Å²) in [5, 5.41) is 2.84. The average molecular weight is 278 g/mol. The zero-order valence-corrected chi connectivity index (χ0v) is 12.0. The number of amides is 1. The fourth-order valence-corrected chi connectivity index (χ4v) is 3.02. The lowest BCUT2D eigenvalue weighted by Gasteiger charge is -2.30. The zero-order valence-electron chi connectivity index (χ0n) is 11.2. The Balaban J connectivity index is 2.53. The number of nitrogens with one attached hydrogen (secondary N) is 1. The van der Waals surface area contributed by atoms with Crippen LogP contribution in [0.3, 0.4) is 0 Å². The molecule has 0 aromatic rings. The first-order valence-corrected chi connectivity index (χ1v) is 7.94. The summed E-state index contributed by atoms with van der Waals surface area (Å²) < 4.78 is 29.2. The van der Waals surface area contributed by atoms with Gasteiger partial charge in [0.05, 0.1) is 18.8 Å². The van der Waals surface area contributed by atoms with Gasteiger partial charge in [0.2, 0.25) is 15.9 Å². The largest absolute Gasteiger partial charge is 0.383 e. The van der Waals surface area contributed by atoms with Crippen LogP contribution in [0.1, 0.15) is 19.8 Å². The summed E-state index contributed by atoms with van der Waals surface area (Å²) >= 11 is 0. The molecule has 1 N–H and O–H groups in total. The molecule has 1 amide bonds. The molecule has 1 rings (SSSR count). The summed E-state index contributed by atoms with van der Waals surface area (Å²) in [5.74, 6) is -0.347. The number of carbonyl (C=O) groups excluding carboxylic acids is 1. The second-order valence-corrected chi connectivity index (χ2v) is 6.81. The smallest absolute Gasteiger partial charge is 0.224 e. The minimum atomic E-state index is -3.20. The SMILES string of the molecule is COC[C@H](C)NC(=O)[C@H]1CCCN(S(C)(=O)=O)C1. The van der Waals surface area contributed by atoms with Gasteiger partial charge >= 0.3 is 0 Å². The molecule has 0 saturated carbocycles. The van der Waals surface area contributed by atoms with E-state index in [-0.39, 0.29) is 24.4 Å². The van der Waals surface area contributed by atoms with E-state index in [0.717, 1.165) is 12.8 Å². The third-order valence-corrected chi connectivity index (χ3v) is 4.30. The molecule has 0 spiro atoms. The van der Waals surface area contributed by atoms with Crippen molar-refractivity contribution in [3.05, 3.63) is 0 Å². The number of methoxy groups -OCH3 is 1. The molecule has 0 unspecified atom stereocenters. The van der Waals surface area contributed by atoms with Crippen LogP contribution < -0.4 is 5.32 Å². The van der Waals surface area contributed by atoms with E-state index in [2.05, 4.69) is 5.32 Å². The van der Waals surface area contributed by atoms with E-state index in [1.807, 2.05) is 6.92 Å². The van der Waals surface area contributed by atoms with E-state index in [1.165, 1.54) is 10.6 Å². The second kappa shape index (κ2) is 6.49. The van der Waals surface area contributed by atoms with E-state index < -0.39 is 10.0 Å². The van der Waals surface area contributed by atoms with Crippen LogP contribution >= 0.6 is 0 Å². The summed E-state index contributed by atoms with van der Waals surface area (Å²) in [6.07, 6.45) is 2.64. The zero-order chi connectivity index (χ0) is 13.8. The molecule has 0 aliphatic carbocycles. The Morgan fingerprint density at radius 2 is 2.22 bits per heavy atom. The van der Waals surface area contributed by atoms with Gasteiger partial charge in [0, 0.05) is 26.2 Å². The topological polar surface area (TPSA) is 75.7 Å². The minimum absolute atomic E-state index is 0.0592. The van der Waals surface area contributed by atoms with Gasteiger partial charge in [0.1, 0.15) is 0 Å². The lowest BCUT2D eigenvalue weighted by molar-refractivity contribution is -0.127. The number of hydrogen-bond donors (Lipinski definition) is 1. The summed E-state index contributed by atoms with van der Waals surface area (Å²) in [6.45, 7) is 3.10. The molecule has 0 radical (unpaired) electrons. The summed E-state index contributed by atoms with van der Waals surface area (Å²) in [7, 11) is -1.62. The highest BCUT2D eigenvalue weighted by Crippen LogP contribution is 2.18. The van der Waals surface area contributed by atoms with Gasteiger partial charge in [-0.25, -0.2) is 12.7 Å². The maximum absolute atomic E-state index is 12.0. The van der Waals surface area contributed by atoms with Gasteiger partial charge in [-0.05, 0) is 19.8 Å². The van der Waals surface area contributed by atoms with Crippen LogP contribution in [0.15, 0.2) is 0 Å². The van der Waals surface area contributed by atoms with Crippen molar-refractivity contribution in [2.75, 3.05) is 33.1 Å². The first kappa shape index (κ1) is 15.4. The van der Waals surface area contributed by atoms with Gasteiger partial charge in [0.25, 0.3) is 0 Å². The molecule has 7 heteroatoms. The Bertz CT molecular complexity index is 383. The minimum Gasteiger partial charge on any atom is -0.383 e. The van der Waals surface area contributed by atoms with Crippen molar-refractivity contribution < 1.29 is 17.9 Å². The van der Waals surface area contributed by atoms with Crippen molar-refractivity contribution in [3.8, 4) is 0 Å².